The predicted molar refractivity (Wildman–Crippen MR) is 147 cm³/mol. The maximum atomic E-state index is 12.9. The third-order valence-electron chi connectivity index (χ3n) is 6.15. The van der Waals surface area contributed by atoms with Crippen molar-refractivity contribution in [1.82, 2.24) is 10.3 Å². The van der Waals surface area contributed by atoms with Crippen LogP contribution in [0.3, 0.4) is 0 Å². The summed E-state index contributed by atoms with van der Waals surface area (Å²) in [5.41, 5.74) is 5.56. The Kier molecular flexibility index (Phi) is 9.05. The Bertz CT molecular complexity index is 1250. The van der Waals surface area contributed by atoms with Crippen LogP contribution in [0.2, 0.25) is 0 Å². The van der Waals surface area contributed by atoms with Crippen molar-refractivity contribution in [2.45, 2.75) is 25.5 Å². The average molecular weight is 565 g/mol. The number of hydrogen-bond acceptors (Lipinski definition) is 6. The smallest absolute Gasteiger partial charge is 0.273 e. The number of carbonyl (C=O) groups excluding carboxylic acids is 2. The van der Waals surface area contributed by atoms with Gasteiger partial charge in [0.15, 0.2) is 0 Å². The summed E-state index contributed by atoms with van der Waals surface area (Å²) in [6.45, 7) is 2.51. The van der Waals surface area contributed by atoms with Gasteiger partial charge in [-0.25, -0.2) is 5.43 Å². The monoisotopic (exact) mass is 564 g/mol. The number of piperidine rings is 1. The van der Waals surface area contributed by atoms with Crippen molar-refractivity contribution in [3.05, 3.63) is 93.5 Å². The van der Waals surface area contributed by atoms with Crippen LogP contribution in [0, 0.1) is 0 Å². The highest BCUT2D eigenvalue weighted by Crippen LogP contribution is 2.22. The maximum absolute atomic E-state index is 12.9. The molecule has 3 N–H and O–H groups in total. The van der Waals surface area contributed by atoms with E-state index in [1.165, 1.54) is 6.21 Å². The van der Waals surface area contributed by atoms with Crippen molar-refractivity contribution in [3.8, 4) is 5.75 Å². The molecule has 1 fully saturated rings. The number of likely N-dealkylation sites (tertiary alicyclic amines) is 1. The Morgan fingerprint density at radius 3 is 2.43 bits per heavy atom. The molecule has 2 amide bonds. The maximum Gasteiger partial charge on any atom is 0.273 e. The van der Waals surface area contributed by atoms with Gasteiger partial charge in [0, 0.05) is 29.7 Å². The lowest BCUT2D eigenvalue weighted by Crippen LogP contribution is -2.35. The molecule has 0 bridgehead atoms. The van der Waals surface area contributed by atoms with Gasteiger partial charge in [-0.1, -0.05) is 28.1 Å². The molecule has 0 unspecified atom stereocenters. The number of benzene rings is 3. The van der Waals surface area contributed by atoms with Gasteiger partial charge in [0.05, 0.1) is 30.7 Å². The zero-order valence-corrected chi connectivity index (χ0v) is 22.1. The molecule has 192 valence electrons. The quantitative estimate of drug-likeness (QED) is 0.277. The minimum atomic E-state index is -0.455. The molecule has 0 atom stereocenters. The number of rotatable bonds is 8. The minimum absolute atomic E-state index is 0.201. The van der Waals surface area contributed by atoms with E-state index in [-0.39, 0.29) is 17.6 Å². The largest absolute Gasteiger partial charge is 0.497 e. The van der Waals surface area contributed by atoms with Gasteiger partial charge in [0.25, 0.3) is 11.8 Å². The minimum Gasteiger partial charge on any atom is -0.497 e. The third-order valence-corrected chi connectivity index (χ3v) is 6.64. The molecule has 1 aliphatic heterocycles. The highest BCUT2D eigenvalue weighted by molar-refractivity contribution is 9.10. The van der Waals surface area contributed by atoms with E-state index in [0.717, 1.165) is 49.4 Å². The summed E-state index contributed by atoms with van der Waals surface area (Å²) in [6.07, 6.45) is 2.90. The van der Waals surface area contributed by atoms with Crippen molar-refractivity contribution in [2.24, 2.45) is 5.10 Å². The van der Waals surface area contributed by atoms with Crippen LogP contribution in [0.15, 0.2) is 76.3 Å². The molecule has 1 heterocycles. The van der Waals surface area contributed by atoms with Crippen LogP contribution in [-0.2, 0) is 6.54 Å². The van der Waals surface area contributed by atoms with E-state index < -0.39 is 5.91 Å². The molecule has 1 saturated heterocycles. The summed E-state index contributed by atoms with van der Waals surface area (Å²) < 4.78 is 5.83. The number of hydrazone groups is 1. The fraction of sp³-hybridized carbons (Fsp3) is 0.250. The Balaban J connectivity index is 1.38. The molecule has 4 rings (SSSR count). The number of aliphatic hydroxyl groups is 1. The Morgan fingerprint density at radius 2 is 1.76 bits per heavy atom. The van der Waals surface area contributed by atoms with Crippen molar-refractivity contribution >= 4 is 39.6 Å². The SMILES string of the molecule is COc1ccc(C=NNC(=O)c2cc(Br)ccc2NC(=O)c2ccc(CN3CCC(O)CC3)cc2)cc1. The lowest BCUT2D eigenvalue weighted by molar-refractivity contribution is 0.0792. The van der Waals surface area contributed by atoms with Crippen LogP contribution in [-0.4, -0.2) is 54.3 Å². The second-order valence-corrected chi connectivity index (χ2v) is 9.74. The normalized spacial score (nSPS) is 14.5. The summed E-state index contributed by atoms with van der Waals surface area (Å²) in [7, 11) is 1.59. The van der Waals surface area contributed by atoms with E-state index in [0.29, 0.717) is 15.7 Å². The first kappa shape index (κ1) is 26.5. The van der Waals surface area contributed by atoms with Crippen molar-refractivity contribution in [3.63, 3.8) is 0 Å². The number of halogens is 1. The number of amides is 2. The number of hydrogen-bond donors (Lipinski definition) is 3. The van der Waals surface area contributed by atoms with E-state index in [1.54, 1.807) is 49.6 Å². The zero-order chi connectivity index (χ0) is 26.2. The zero-order valence-electron chi connectivity index (χ0n) is 20.5. The summed E-state index contributed by atoms with van der Waals surface area (Å²) in [5.74, 6) is -0.0396. The third kappa shape index (κ3) is 7.48. The van der Waals surface area contributed by atoms with Crippen LogP contribution < -0.4 is 15.5 Å². The topological polar surface area (TPSA) is 103 Å². The first-order valence-corrected chi connectivity index (χ1v) is 12.8. The Morgan fingerprint density at radius 1 is 1.05 bits per heavy atom. The number of carbonyl (C=O) groups is 2. The van der Waals surface area contributed by atoms with E-state index in [1.807, 2.05) is 24.3 Å². The first-order valence-electron chi connectivity index (χ1n) is 12.0. The summed E-state index contributed by atoms with van der Waals surface area (Å²) in [6, 6.07) is 19.7. The number of aliphatic hydroxyl groups excluding tert-OH is 1. The lowest BCUT2D eigenvalue weighted by atomic mass is 10.1. The molecule has 3 aromatic carbocycles. The van der Waals surface area contributed by atoms with Gasteiger partial charge in [-0.05, 0) is 78.6 Å². The molecule has 0 spiro atoms. The van der Waals surface area contributed by atoms with Crippen molar-refractivity contribution in [1.29, 1.82) is 0 Å². The van der Waals surface area contributed by atoms with Gasteiger partial charge in [0.1, 0.15) is 5.75 Å². The standard InChI is InChI=1S/C28H29BrN4O4/c1-37-24-9-4-19(5-10-24)17-30-32-28(36)25-16-22(29)8-11-26(25)31-27(35)21-6-2-20(3-7-21)18-33-14-12-23(34)13-15-33/h2-11,16-17,23,34H,12-15,18H2,1H3,(H,31,35)(H,32,36). The van der Waals surface area contributed by atoms with Crippen molar-refractivity contribution in [2.75, 3.05) is 25.5 Å². The average Bonchev–Trinajstić information content (AvgIpc) is 2.91. The number of methoxy groups -OCH3 is 1. The van der Waals surface area contributed by atoms with Gasteiger partial charge in [-0.3, -0.25) is 14.5 Å². The molecular weight excluding hydrogens is 536 g/mol. The number of ether oxygens (including phenoxy) is 1. The number of nitrogens with zero attached hydrogens (tertiary/aromatic N) is 2. The highest BCUT2D eigenvalue weighted by Gasteiger charge is 2.18. The second kappa shape index (κ2) is 12.6. The van der Waals surface area contributed by atoms with E-state index in [2.05, 4.69) is 36.7 Å². The molecule has 0 aliphatic carbocycles. The van der Waals surface area contributed by atoms with Crippen LogP contribution in [0.25, 0.3) is 0 Å². The van der Waals surface area contributed by atoms with E-state index in [9.17, 15) is 14.7 Å². The molecule has 8 nitrogen and oxygen atoms in total. The number of anilines is 1. The van der Waals surface area contributed by atoms with Gasteiger partial charge >= 0.3 is 0 Å². The summed E-state index contributed by atoms with van der Waals surface area (Å²) in [4.78, 5) is 28.1. The fourth-order valence-electron chi connectivity index (χ4n) is 4.02. The van der Waals surface area contributed by atoms with Crippen LogP contribution in [0.4, 0.5) is 5.69 Å². The van der Waals surface area contributed by atoms with Gasteiger partial charge in [0.2, 0.25) is 0 Å². The number of nitrogens with one attached hydrogen (secondary N) is 2. The second-order valence-electron chi connectivity index (χ2n) is 8.82. The van der Waals surface area contributed by atoms with E-state index in [4.69, 9.17) is 4.74 Å². The first-order chi connectivity index (χ1) is 17.9. The van der Waals surface area contributed by atoms with Crippen LogP contribution >= 0.6 is 15.9 Å². The molecule has 37 heavy (non-hydrogen) atoms. The molecule has 3 aromatic rings. The molecule has 9 heteroatoms. The van der Waals surface area contributed by atoms with E-state index >= 15 is 0 Å². The highest BCUT2D eigenvalue weighted by atomic mass is 79.9. The van der Waals surface area contributed by atoms with Gasteiger partial charge < -0.3 is 15.2 Å². The fourth-order valence-corrected chi connectivity index (χ4v) is 4.38. The Labute approximate surface area is 224 Å². The molecule has 0 aromatic heterocycles. The Hall–Kier alpha value is -3.53. The van der Waals surface area contributed by atoms with Crippen LogP contribution in [0.1, 0.15) is 44.7 Å². The summed E-state index contributed by atoms with van der Waals surface area (Å²) in [5, 5.41) is 16.5. The van der Waals surface area contributed by atoms with Gasteiger partial charge in [-0.2, -0.15) is 5.10 Å². The van der Waals surface area contributed by atoms with Crippen molar-refractivity contribution < 1.29 is 19.4 Å². The summed E-state index contributed by atoms with van der Waals surface area (Å²) >= 11 is 3.39. The van der Waals surface area contributed by atoms with Gasteiger partial charge in [-0.15, -0.1) is 0 Å². The molecule has 0 saturated carbocycles. The predicted octanol–water partition coefficient (Wildman–Crippen LogP) is 4.43. The molecular formula is C28H29BrN4O4. The lowest BCUT2D eigenvalue weighted by Gasteiger charge is -2.29. The van der Waals surface area contributed by atoms with Crippen LogP contribution in [0.5, 0.6) is 5.75 Å². The molecule has 1 aliphatic rings. The molecule has 0 radical (unpaired) electrons.